The van der Waals surface area contributed by atoms with Gasteiger partial charge in [0, 0.05) is 5.69 Å². The highest BCUT2D eigenvalue weighted by molar-refractivity contribution is 6.42. The molecule has 7 heteroatoms. The molecule has 0 aliphatic rings. The second kappa shape index (κ2) is 8.94. The molecule has 0 spiro atoms. The number of nitrogens with one attached hydrogen (secondary N) is 1. The largest absolute Gasteiger partial charge is 0.489 e. The molecule has 0 radical (unpaired) electrons. The molecular weight excluding hydrogens is 361 g/mol. The maximum Gasteiger partial charge on any atom is 0.193 e. The number of benzene rings is 2. The maximum atomic E-state index is 9.98. The summed E-state index contributed by atoms with van der Waals surface area (Å²) < 4.78 is 5.46. The minimum atomic E-state index is -0.824. The fourth-order valence-corrected chi connectivity index (χ4v) is 2.62. The summed E-state index contributed by atoms with van der Waals surface area (Å²) in [5, 5.41) is 13.7. The SMILES string of the molecule is Cc1cc(C)cc(NC(N)=NCC(O)COc2cccc(Cl)c2Cl)c1. The second-order valence-electron chi connectivity index (χ2n) is 5.74. The van der Waals surface area contributed by atoms with E-state index in [0.29, 0.717) is 15.8 Å². The number of anilines is 1. The molecule has 25 heavy (non-hydrogen) atoms. The van der Waals surface area contributed by atoms with Crippen molar-refractivity contribution >= 4 is 34.8 Å². The van der Waals surface area contributed by atoms with Gasteiger partial charge < -0.3 is 20.9 Å². The van der Waals surface area contributed by atoms with Crippen molar-refractivity contribution in [3.63, 3.8) is 0 Å². The number of aliphatic imine (C=N–C) groups is 1. The normalized spacial score (nSPS) is 12.8. The van der Waals surface area contributed by atoms with Crippen LogP contribution in [-0.2, 0) is 0 Å². The molecule has 2 aromatic rings. The van der Waals surface area contributed by atoms with Crippen molar-refractivity contribution in [2.24, 2.45) is 10.7 Å². The minimum Gasteiger partial charge on any atom is -0.489 e. The number of ether oxygens (including phenoxy) is 1. The van der Waals surface area contributed by atoms with Crippen LogP contribution in [0.4, 0.5) is 5.69 Å². The molecule has 0 amide bonds. The predicted molar refractivity (Wildman–Crippen MR) is 104 cm³/mol. The Hall–Kier alpha value is -1.95. The van der Waals surface area contributed by atoms with Gasteiger partial charge in [0.25, 0.3) is 0 Å². The summed E-state index contributed by atoms with van der Waals surface area (Å²) in [4.78, 5) is 4.13. The molecule has 2 rings (SSSR count). The average Bonchev–Trinajstić information content (AvgIpc) is 2.53. The standard InChI is InChI=1S/C18H21Cl2N3O2/c1-11-6-12(2)8-13(7-11)23-18(21)22-9-14(24)10-25-16-5-3-4-15(19)17(16)20/h3-8,14,24H,9-10H2,1-2H3,(H3,21,22,23). The summed E-state index contributed by atoms with van der Waals surface area (Å²) in [5.41, 5.74) is 8.96. The third-order valence-electron chi connectivity index (χ3n) is 3.31. The van der Waals surface area contributed by atoms with Crippen LogP contribution >= 0.6 is 23.2 Å². The summed E-state index contributed by atoms with van der Waals surface area (Å²) >= 11 is 11.9. The number of aliphatic hydroxyl groups excluding tert-OH is 1. The van der Waals surface area contributed by atoms with Crippen molar-refractivity contribution in [3.8, 4) is 5.75 Å². The second-order valence-corrected chi connectivity index (χ2v) is 6.53. The van der Waals surface area contributed by atoms with E-state index in [0.717, 1.165) is 16.8 Å². The van der Waals surface area contributed by atoms with Crippen LogP contribution in [0.2, 0.25) is 10.0 Å². The molecule has 4 N–H and O–H groups in total. The van der Waals surface area contributed by atoms with Crippen molar-refractivity contribution < 1.29 is 9.84 Å². The highest BCUT2D eigenvalue weighted by Gasteiger charge is 2.09. The van der Waals surface area contributed by atoms with Gasteiger partial charge >= 0.3 is 0 Å². The Morgan fingerprint density at radius 3 is 2.60 bits per heavy atom. The summed E-state index contributed by atoms with van der Waals surface area (Å²) in [6.07, 6.45) is -0.824. The monoisotopic (exact) mass is 381 g/mol. The molecule has 2 aromatic carbocycles. The first-order valence-electron chi connectivity index (χ1n) is 7.75. The Morgan fingerprint density at radius 2 is 1.92 bits per heavy atom. The third-order valence-corrected chi connectivity index (χ3v) is 4.12. The highest BCUT2D eigenvalue weighted by Crippen LogP contribution is 2.31. The number of aryl methyl sites for hydroxylation is 2. The van der Waals surface area contributed by atoms with Crippen molar-refractivity contribution in [1.82, 2.24) is 0 Å². The number of hydrogen-bond acceptors (Lipinski definition) is 3. The lowest BCUT2D eigenvalue weighted by Gasteiger charge is -2.13. The van der Waals surface area contributed by atoms with Gasteiger partial charge in [-0.3, -0.25) is 4.99 Å². The predicted octanol–water partition coefficient (Wildman–Crippen LogP) is 3.78. The molecule has 0 aliphatic heterocycles. The fourth-order valence-electron chi connectivity index (χ4n) is 2.27. The van der Waals surface area contributed by atoms with E-state index < -0.39 is 6.10 Å². The maximum absolute atomic E-state index is 9.98. The molecule has 0 aliphatic carbocycles. The zero-order valence-electron chi connectivity index (χ0n) is 14.1. The van der Waals surface area contributed by atoms with E-state index in [1.54, 1.807) is 18.2 Å². The summed E-state index contributed by atoms with van der Waals surface area (Å²) in [6.45, 7) is 4.14. The Morgan fingerprint density at radius 1 is 1.24 bits per heavy atom. The fraction of sp³-hybridized carbons (Fsp3) is 0.278. The van der Waals surface area contributed by atoms with E-state index in [9.17, 15) is 5.11 Å². The Labute approximate surface area is 157 Å². The lowest BCUT2D eigenvalue weighted by molar-refractivity contribution is 0.114. The number of nitrogens with two attached hydrogens (primary N) is 1. The number of aliphatic hydroxyl groups is 1. The van der Waals surface area contributed by atoms with Gasteiger partial charge in [-0.15, -0.1) is 0 Å². The van der Waals surface area contributed by atoms with Crippen LogP contribution in [-0.4, -0.2) is 30.3 Å². The van der Waals surface area contributed by atoms with Gasteiger partial charge in [-0.1, -0.05) is 35.3 Å². The van der Waals surface area contributed by atoms with E-state index in [1.165, 1.54) is 0 Å². The molecule has 0 saturated heterocycles. The minimum absolute atomic E-state index is 0.0282. The van der Waals surface area contributed by atoms with E-state index in [1.807, 2.05) is 26.0 Å². The molecule has 0 bridgehead atoms. The Kier molecular flexibility index (Phi) is 6.93. The summed E-state index contributed by atoms with van der Waals surface area (Å²) in [6, 6.07) is 11.1. The number of rotatable bonds is 6. The van der Waals surface area contributed by atoms with Crippen molar-refractivity contribution in [2.75, 3.05) is 18.5 Å². The molecule has 1 unspecified atom stereocenters. The molecule has 134 valence electrons. The van der Waals surface area contributed by atoms with E-state index >= 15 is 0 Å². The molecule has 1 atom stereocenters. The van der Waals surface area contributed by atoms with Crippen molar-refractivity contribution in [1.29, 1.82) is 0 Å². The van der Waals surface area contributed by atoms with Crippen LogP contribution in [0.15, 0.2) is 41.4 Å². The zero-order valence-corrected chi connectivity index (χ0v) is 15.6. The third kappa shape index (κ3) is 6.12. The van der Waals surface area contributed by atoms with E-state index in [4.69, 9.17) is 33.7 Å². The van der Waals surface area contributed by atoms with Crippen LogP contribution in [0.3, 0.4) is 0 Å². The van der Waals surface area contributed by atoms with Gasteiger partial charge in [-0.2, -0.15) is 0 Å². The molecular formula is C18H21Cl2N3O2. The molecule has 0 saturated carbocycles. The first kappa shape index (κ1) is 19.4. The van der Waals surface area contributed by atoms with Gasteiger partial charge in [-0.25, -0.2) is 0 Å². The van der Waals surface area contributed by atoms with E-state index in [2.05, 4.69) is 16.4 Å². The smallest absolute Gasteiger partial charge is 0.193 e. The van der Waals surface area contributed by atoms with Gasteiger partial charge in [0.1, 0.15) is 23.5 Å². The van der Waals surface area contributed by atoms with Crippen molar-refractivity contribution in [3.05, 3.63) is 57.6 Å². The Bertz CT molecular complexity index is 746. The quantitative estimate of drug-likeness (QED) is 0.525. The van der Waals surface area contributed by atoms with Crippen LogP contribution in [0.25, 0.3) is 0 Å². The first-order valence-corrected chi connectivity index (χ1v) is 8.51. The van der Waals surface area contributed by atoms with Crippen LogP contribution in [0.1, 0.15) is 11.1 Å². The Balaban J connectivity index is 1.86. The van der Waals surface area contributed by atoms with Crippen molar-refractivity contribution in [2.45, 2.75) is 20.0 Å². The van der Waals surface area contributed by atoms with E-state index in [-0.39, 0.29) is 19.1 Å². The highest BCUT2D eigenvalue weighted by atomic mass is 35.5. The average molecular weight is 382 g/mol. The number of guanidine groups is 1. The van der Waals surface area contributed by atoms with Gasteiger partial charge in [0.15, 0.2) is 5.96 Å². The molecule has 0 fully saturated rings. The van der Waals surface area contributed by atoms with Gasteiger partial charge in [0.05, 0.1) is 11.6 Å². The molecule has 5 nitrogen and oxygen atoms in total. The van der Waals surface area contributed by atoms with Crippen LogP contribution in [0.5, 0.6) is 5.75 Å². The van der Waals surface area contributed by atoms with Crippen LogP contribution in [0, 0.1) is 13.8 Å². The zero-order chi connectivity index (χ0) is 18.4. The summed E-state index contributed by atoms with van der Waals surface area (Å²) in [7, 11) is 0. The number of hydrogen-bond donors (Lipinski definition) is 3. The molecule has 0 heterocycles. The first-order chi connectivity index (χ1) is 11.8. The number of halogens is 2. The lowest BCUT2D eigenvalue weighted by atomic mass is 10.1. The van der Waals surface area contributed by atoms with Gasteiger partial charge in [0.2, 0.25) is 0 Å². The summed E-state index contributed by atoms with van der Waals surface area (Å²) in [5.74, 6) is 0.642. The number of nitrogens with zero attached hydrogens (tertiary/aromatic N) is 1. The molecule has 0 aromatic heterocycles. The topological polar surface area (TPSA) is 79.9 Å². The van der Waals surface area contributed by atoms with Crippen LogP contribution < -0.4 is 15.8 Å². The lowest BCUT2D eigenvalue weighted by Crippen LogP contribution is -2.27. The van der Waals surface area contributed by atoms with Gasteiger partial charge in [-0.05, 0) is 49.2 Å².